The molecule has 0 unspecified atom stereocenters. The SMILES string of the molecule is COC[C@@H]1CCCN(C(=O)CCCNC(=O)NC2CCCCC2)C1. The molecule has 0 bridgehead atoms. The van der Waals surface area contributed by atoms with Crippen molar-refractivity contribution in [3.05, 3.63) is 0 Å². The molecule has 0 aromatic heterocycles. The van der Waals surface area contributed by atoms with Gasteiger partial charge in [-0.05, 0) is 38.0 Å². The van der Waals surface area contributed by atoms with Gasteiger partial charge in [0.1, 0.15) is 0 Å². The van der Waals surface area contributed by atoms with E-state index in [0.29, 0.717) is 31.3 Å². The molecule has 0 spiro atoms. The summed E-state index contributed by atoms with van der Waals surface area (Å²) in [6.45, 7) is 2.95. The predicted molar refractivity (Wildman–Crippen MR) is 93.8 cm³/mol. The lowest BCUT2D eigenvalue weighted by molar-refractivity contribution is -0.133. The summed E-state index contributed by atoms with van der Waals surface area (Å²) in [5.41, 5.74) is 0. The number of hydrogen-bond acceptors (Lipinski definition) is 3. The summed E-state index contributed by atoms with van der Waals surface area (Å²) >= 11 is 0. The topological polar surface area (TPSA) is 70.7 Å². The smallest absolute Gasteiger partial charge is 0.315 e. The van der Waals surface area contributed by atoms with Gasteiger partial charge in [-0.1, -0.05) is 19.3 Å². The van der Waals surface area contributed by atoms with Crippen LogP contribution in [0.2, 0.25) is 0 Å². The molecule has 6 nitrogen and oxygen atoms in total. The largest absolute Gasteiger partial charge is 0.384 e. The van der Waals surface area contributed by atoms with Crippen LogP contribution in [0.4, 0.5) is 4.79 Å². The Labute approximate surface area is 145 Å². The van der Waals surface area contributed by atoms with Crippen LogP contribution in [0.15, 0.2) is 0 Å². The lowest BCUT2D eigenvalue weighted by Gasteiger charge is -2.32. The van der Waals surface area contributed by atoms with Crippen molar-refractivity contribution in [1.82, 2.24) is 15.5 Å². The number of likely N-dealkylation sites (tertiary alicyclic amines) is 1. The van der Waals surface area contributed by atoms with Crippen molar-refractivity contribution in [2.45, 2.75) is 63.8 Å². The Bertz CT molecular complexity index is 395. The summed E-state index contributed by atoms with van der Waals surface area (Å²) in [6, 6.07) is 0.235. The molecule has 6 heteroatoms. The van der Waals surface area contributed by atoms with Gasteiger partial charge in [0.2, 0.25) is 5.91 Å². The second-order valence-corrected chi connectivity index (χ2v) is 7.14. The zero-order valence-corrected chi connectivity index (χ0v) is 15.0. The van der Waals surface area contributed by atoms with Crippen LogP contribution in [0.25, 0.3) is 0 Å². The number of urea groups is 1. The molecule has 0 radical (unpaired) electrons. The van der Waals surface area contributed by atoms with Crippen LogP contribution in [-0.2, 0) is 9.53 Å². The number of piperidine rings is 1. The van der Waals surface area contributed by atoms with Crippen LogP contribution in [0, 0.1) is 5.92 Å². The van der Waals surface area contributed by atoms with Crippen LogP contribution in [0.1, 0.15) is 57.8 Å². The second-order valence-electron chi connectivity index (χ2n) is 7.14. The minimum atomic E-state index is -0.0903. The van der Waals surface area contributed by atoms with E-state index in [1.807, 2.05) is 4.90 Å². The summed E-state index contributed by atoms with van der Waals surface area (Å²) < 4.78 is 5.20. The summed E-state index contributed by atoms with van der Waals surface area (Å²) in [4.78, 5) is 26.1. The second kappa shape index (κ2) is 10.5. The Morgan fingerprint density at radius 2 is 1.92 bits per heavy atom. The number of carbonyl (C=O) groups excluding carboxylic acids is 2. The van der Waals surface area contributed by atoms with Crippen LogP contribution >= 0.6 is 0 Å². The van der Waals surface area contributed by atoms with Gasteiger partial charge in [-0.15, -0.1) is 0 Å². The van der Waals surface area contributed by atoms with Crippen molar-refractivity contribution in [3.63, 3.8) is 0 Å². The van der Waals surface area contributed by atoms with E-state index in [-0.39, 0.29) is 11.9 Å². The maximum atomic E-state index is 12.3. The van der Waals surface area contributed by atoms with Crippen LogP contribution < -0.4 is 10.6 Å². The molecule has 1 saturated carbocycles. The quantitative estimate of drug-likeness (QED) is 0.699. The number of rotatable bonds is 7. The maximum absolute atomic E-state index is 12.3. The Morgan fingerprint density at radius 1 is 1.12 bits per heavy atom. The molecule has 138 valence electrons. The lowest BCUT2D eigenvalue weighted by atomic mass is 9.96. The zero-order chi connectivity index (χ0) is 17.2. The molecule has 0 aromatic rings. The molecule has 24 heavy (non-hydrogen) atoms. The van der Waals surface area contributed by atoms with Crippen LogP contribution in [-0.4, -0.2) is 56.2 Å². The molecule has 2 aliphatic rings. The van der Waals surface area contributed by atoms with E-state index in [1.54, 1.807) is 7.11 Å². The van der Waals surface area contributed by atoms with E-state index in [0.717, 1.165) is 45.4 Å². The standard InChI is InChI=1S/C18H33N3O3/c1-24-14-15-7-6-12-21(13-15)17(22)10-5-11-19-18(23)20-16-8-3-2-4-9-16/h15-16H,2-14H2,1H3,(H2,19,20,23)/t15-/m1/s1. The predicted octanol–water partition coefficient (Wildman–Crippen LogP) is 2.28. The highest BCUT2D eigenvalue weighted by Gasteiger charge is 2.23. The summed E-state index contributed by atoms with van der Waals surface area (Å²) in [5, 5.41) is 5.91. The molecular weight excluding hydrogens is 306 g/mol. The fourth-order valence-electron chi connectivity index (χ4n) is 3.75. The van der Waals surface area contributed by atoms with Crippen molar-refractivity contribution in [2.75, 3.05) is 33.4 Å². The molecule has 1 saturated heterocycles. The van der Waals surface area contributed by atoms with E-state index in [9.17, 15) is 9.59 Å². The molecule has 2 fully saturated rings. The molecule has 2 N–H and O–H groups in total. The first-order chi connectivity index (χ1) is 11.7. The van der Waals surface area contributed by atoms with E-state index < -0.39 is 0 Å². The molecule has 3 amide bonds. The highest BCUT2D eigenvalue weighted by atomic mass is 16.5. The Hall–Kier alpha value is -1.30. The number of hydrogen-bond donors (Lipinski definition) is 2. The van der Waals surface area contributed by atoms with E-state index in [4.69, 9.17) is 4.74 Å². The van der Waals surface area contributed by atoms with Crippen molar-refractivity contribution < 1.29 is 14.3 Å². The average molecular weight is 339 g/mol. The number of amides is 3. The van der Waals surface area contributed by atoms with Crippen molar-refractivity contribution in [2.24, 2.45) is 5.92 Å². The highest BCUT2D eigenvalue weighted by molar-refractivity contribution is 5.76. The molecule has 1 atom stereocenters. The Kier molecular flexibility index (Phi) is 8.36. The van der Waals surface area contributed by atoms with Crippen molar-refractivity contribution >= 4 is 11.9 Å². The first-order valence-electron chi connectivity index (χ1n) is 9.50. The normalized spacial score (nSPS) is 22.2. The van der Waals surface area contributed by atoms with Gasteiger partial charge in [0, 0.05) is 39.2 Å². The summed E-state index contributed by atoms with van der Waals surface area (Å²) in [6.07, 6.45) is 9.27. The van der Waals surface area contributed by atoms with Gasteiger partial charge in [-0.25, -0.2) is 4.79 Å². The molecule has 0 aromatic carbocycles. The third kappa shape index (κ3) is 6.67. The third-order valence-electron chi connectivity index (χ3n) is 5.07. The van der Waals surface area contributed by atoms with Gasteiger partial charge in [-0.2, -0.15) is 0 Å². The monoisotopic (exact) mass is 339 g/mol. The van der Waals surface area contributed by atoms with E-state index >= 15 is 0 Å². The van der Waals surface area contributed by atoms with E-state index in [1.165, 1.54) is 19.3 Å². The summed E-state index contributed by atoms with van der Waals surface area (Å²) in [7, 11) is 1.71. The fraction of sp³-hybridized carbons (Fsp3) is 0.889. The van der Waals surface area contributed by atoms with Crippen LogP contribution in [0.5, 0.6) is 0 Å². The Balaban J connectivity index is 1.56. The molecular formula is C18H33N3O3. The molecule has 1 aliphatic heterocycles. The van der Waals surface area contributed by atoms with E-state index in [2.05, 4.69) is 10.6 Å². The fourth-order valence-corrected chi connectivity index (χ4v) is 3.75. The summed E-state index contributed by atoms with van der Waals surface area (Å²) in [5.74, 6) is 0.664. The first kappa shape index (κ1) is 19.0. The zero-order valence-electron chi connectivity index (χ0n) is 15.0. The lowest BCUT2D eigenvalue weighted by Crippen LogP contribution is -2.43. The molecule has 2 rings (SSSR count). The number of methoxy groups -OCH3 is 1. The maximum Gasteiger partial charge on any atom is 0.315 e. The number of ether oxygens (including phenoxy) is 1. The Morgan fingerprint density at radius 3 is 2.67 bits per heavy atom. The average Bonchev–Trinajstić information content (AvgIpc) is 2.60. The molecule has 1 heterocycles. The minimum Gasteiger partial charge on any atom is -0.384 e. The van der Waals surface area contributed by atoms with Gasteiger partial charge >= 0.3 is 6.03 Å². The first-order valence-corrected chi connectivity index (χ1v) is 9.50. The van der Waals surface area contributed by atoms with Crippen LogP contribution in [0.3, 0.4) is 0 Å². The van der Waals surface area contributed by atoms with Crippen molar-refractivity contribution in [1.29, 1.82) is 0 Å². The van der Waals surface area contributed by atoms with Gasteiger partial charge in [-0.3, -0.25) is 4.79 Å². The van der Waals surface area contributed by atoms with Gasteiger partial charge in [0.25, 0.3) is 0 Å². The van der Waals surface area contributed by atoms with Gasteiger partial charge in [0.15, 0.2) is 0 Å². The van der Waals surface area contributed by atoms with Gasteiger partial charge < -0.3 is 20.3 Å². The number of nitrogens with zero attached hydrogens (tertiary/aromatic N) is 1. The van der Waals surface area contributed by atoms with Gasteiger partial charge in [0.05, 0.1) is 6.61 Å². The molecule has 1 aliphatic carbocycles. The number of carbonyl (C=O) groups is 2. The third-order valence-corrected chi connectivity index (χ3v) is 5.07. The highest BCUT2D eigenvalue weighted by Crippen LogP contribution is 2.18. The minimum absolute atomic E-state index is 0.0903. The number of nitrogens with one attached hydrogen (secondary N) is 2. The van der Waals surface area contributed by atoms with Crippen molar-refractivity contribution in [3.8, 4) is 0 Å².